The van der Waals surface area contributed by atoms with E-state index < -0.39 is 6.10 Å². The van der Waals surface area contributed by atoms with E-state index in [2.05, 4.69) is 16.7 Å². The first-order valence-corrected chi connectivity index (χ1v) is 7.64. The Labute approximate surface area is 124 Å². The van der Waals surface area contributed by atoms with Crippen molar-refractivity contribution in [3.8, 4) is 5.75 Å². The molecule has 0 aromatic heterocycles. The molecule has 0 amide bonds. The summed E-state index contributed by atoms with van der Waals surface area (Å²) in [6.07, 6.45) is -0.492. The standard InChI is InChI=1S/C15H21ClN2O2/c1-2-17-6-8-18(9-7-17)14-11-4-3-5-12(16)15(11)20-10-13(14)19/h3-5,13-14,19H,2,6-10H2,1H3. The van der Waals surface area contributed by atoms with Gasteiger partial charge in [-0.2, -0.15) is 0 Å². The average molecular weight is 297 g/mol. The Hall–Kier alpha value is -0.810. The van der Waals surface area contributed by atoms with E-state index in [0.717, 1.165) is 44.0 Å². The van der Waals surface area contributed by atoms with Crippen LogP contribution >= 0.6 is 11.6 Å². The highest BCUT2D eigenvalue weighted by molar-refractivity contribution is 6.32. The van der Waals surface area contributed by atoms with Gasteiger partial charge in [0, 0.05) is 31.7 Å². The fraction of sp³-hybridized carbons (Fsp3) is 0.600. The van der Waals surface area contributed by atoms with Crippen molar-refractivity contribution in [2.75, 3.05) is 39.3 Å². The van der Waals surface area contributed by atoms with Crippen LogP contribution in [0.2, 0.25) is 5.02 Å². The van der Waals surface area contributed by atoms with Crippen molar-refractivity contribution in [3.05, 3.63) is 28.8 Å². The van der Waals surface area contributed by atoms with Crippen LogP contribution in [0.3, 0.4) is 0 Å². The van der Waals surface area contributed by atoms with Gasteiger partial charge in [0.2, 0.25) is 0 Å². The number of hydrogen-bond acceptors (Lipinski definition) is 4. The van der Waals surface area contributed by atoms with Gasteiger partial charge < -0.3 is 14.7 Å². The van der Waals surface area contributed by atoms with E-state index in [4.69, 9.17) is 16.3 Å². The third-order valence-corrected chi connectivity index (χ3v) is 4.62. The number of aliphatic hydroxyl groups is 1. The van der Waals surface area contributed by atoms with Crippen LogP contribution in [-0.4, -0.2) is 60.3 Å². The number of para-hydroxylation sites is 1. The van der Waals surface area contributed by atoms with Gasteiger partial charge in [-0.15, -0.1) is 0 Å². The van der Waals surface area contributed by atoms with Crippen LogP contribution in [-0.2, 0) is 0 Å². The molecule has 2 aliphatic rings. The lowest BCUT2D eigenvalue weighted by Crippen LogP contribution is -2.51. The lowest BCUT2D eigenvalue weighted by Gasteiger charge is -2.43. The van der Waals surface area contributed by atoms with Crippen molar-refractivity contribution < 1.29 is 9.84 Å². The molecule has 20 heavy (non-hydrogen) atoms. The third kappa shape index (κ3) is 2.53. The summed E-state index contributed by atoms with van der Waals surface area (Å²) in [4.78, 5) is 4.79. The summed E-state index contributed by atoms with van der Waals surface area (Å²) in [5, 5.41) is 11.0. The van der Waals surface area contributed by atoms with Crippen molar-refractivity contribution in [3.63, 3.8) is 0 Å². The molecule has 3 rings (SSSR count). The van der Waals surface area contributed by atoms with E-state index in [-0.39, 0.29) is 6.04 Å². The monoisotopic (exact) mass is 296 g/mol. The van der Waals surface area contributed by atoms with Gasteiger partial charge in [-0.05, 0) is 12.6 Å². The van der Waals surface area contributed by atoms with Crippen molar-refractivity contribution in [2.24, 2.45) is 0 Å². The van der Waals surface area contributed by atoms with E-state index in [1.165, 1.54) is 0 Å². The molecular formula is C15H21ClN2O2. The number of piperazine rings is 1. The molecule has 1 aromatic rings. The second-order valence-electron chi connectivity index (χ2n) is 5.45. The smallest absolute Gasteiger partial charge is 0.142 e. The Bertz CT molecular complexity index is 475. The number of rotatable bonds is 2. The first-order chi connectivity index (χ1) is 9.70. The summed E-state index contributed by atoms with van der Waals surface area (Å²) in [6, 6.07) is 5.78. The first kappa shape index (κ1) is 14.1. The second-order valence-corrected chi connectivity index (χ2v) is 5.86. The molecule has 5 heteroatoms. The fourth-order valence-corrected chi connectivity index (χ4v) is 3.41. The van der Waals surface area contributed by atoms with E-state index in [0.29, 0.717) is 11.6 Å². The number of likely N-dealkylation sites (N-methyl/N-ethyl adjacent to an activating group) is 1. The van der Waals surface area contributed by atoms with Crippen molar-refractivity contribution in [1.82, 2.24) is 9.80 Å². The highest BCUT2D eigenvalue weighted by Crippen LogP contribution is 2.40. The van der Waals surface area contributed by atoms with Crippen LogP contribution in [0.1, 0.15) is 18.5 Å². The summed E-state index contributed by atoms with van der Waals surface area (Å²) >= 11 is 6.21. The summed E-state index contributed by atoms with van der Waals surface area (Å²) < 4.78 is 5.61. The number of benzene rings is 1. The van der Waals surface area contributed by atoms with Gasteiger partial charge in [-0.1, -0.05) is 30.7 Å². The van der Waals surface area contributed by atoms with Crippen LogP contribution in [0.4, 0.5) is 0 Å². The zero-order valence-corrected chi connectivity index (χ0v) is 12.5. The second kappa shape index (κ2) is 5.90. The van der Waals surface area contributed by atoms with Gasteiger partial charge in [0.15, 0.2) is 0 Å². The summed E-state index contributed by atoms with van der Waals surface area (Å²) in [6.45, 7) is 7.64. The Morgan fingerprint density at radius 2 is 2.05 bits per heavy atom. The lowest BCUT2D eigenvalue weighted by atomic mass is 9.96. The predicted octanol–water partition coefficient (Wildman–Crippen LogP) is 1.77. The Morgan fingerprint density at radius 1 is 1.30 bits per heavy atom. The number of aliphatic hydroxyl groups excluding tert-OH is 1. The molecule has 1 aromatic carbocycles. The van der Waals surface area contributed by atoms with Gasteiger partial charge in [0.25, 0.3) is 0 Å². The number of halogens is 1. The minimum atomic E-state index is -0.492. The number of hydrogen-bond donors (Lipinski definition) is 1. The summed E-state index contributed by atoms with van der Waals surface area (Å²) in [5.41, 5.74) is 1.01. The molecule has 0 aliphatic carbocycles. The summed E-state index contributed by atoms with van der Waals surface area (Å²) in [7, 11) is 0. The van der Waals surface area contributed by atoms with Gasteiger partial charge >= 0.3 is 0 Å². The summed E-state index contributed by atoms with van der Waals surface area (Å²) in [5.74, 6) is 0.738. The zero-order valence-electron chi connectivity index (χ0n) is 11.8. The largest absolute Gasteiger partial charge is 0.489 e. The molecule has 1 fully saturated rings. The van der Waals surface area contributed by atoms with Crippen molar-refractivity contribution in [2.45, 2.75) is 19.1 Å². The van der Waals surface area contributed by atoms with Gasteiger partial charge in [-0.25, -0.2) is 0 Å². The molecule has 0 saturated carbocycles. The Morgan fingerprint density at radius 3 is 2.75 bits per heavy atom. The Kier molecular flexibility index (Phi) is 4.17. The molecule has 0 bridgehead atoms. The molecule has 2 aliphatic heterocycles. The molecule has 1 N–H and O–H groups in total. The molecule has 2 unspecified atom stereocenters. The molecule has 0 spiro atoms. The number of ether oxygens (including phenoxy) is 1. The van der Waals surface area contributed by atoms with Crippen LogP contribution in [0.15, 0.2) is 18.2 Å². The number of fused-ring (bicyclic) bond motifs is 1. The molecule has 4 nitrogen and oxygen atoms in total. The third-order valence-electron chi connectivity index (χ3n) is 4.33. The maximum Gasteiger partial charge on any atom is 0.142 e. The minimum absolute atomic E-state index is 0.00328. The van der Waals surface area contributed by atoms with Gasteiger partial charge in [0.05, 0.1) is 11.1 Å². The molecule has 1 saturated heterocycles. The van der Waals surface area contributed by atoms with Gasteiger partial charge in [-0.3, -0.25) is 4.90 Å². The van der Waals surface area contributed by atoms with Crippen LogP contribution in [0, 0.1) is 0 Å². The SMILES string of the molecule is CCN1CCN(C2c3cccc(Cl)c3OCC2O)CC1. The average Bonchev–Trinajstić information content (AvgIpc) is 2.48. The van der Waals surface area contributed by atoms with E-state index in [1.807, 2.05) is 18.2 Å². The first-order valence-electron chi connectivity index (χ1n) is 7.26. The topological polar surface area (TPSA) is 35.9 Å². The van der Waals surface area contributed by atoms with E-state index >= 15 is 0 Å². The lowest BCUT2D eigenvalue weighted by molar-refractivity contribution is -0.0173. The molecule has 2 heterocycles. The predicted molar refractivity (Wildman–Crippen MR) is 79.4 cm³/mol. The minimum Gasteiger partial charge on any atom is -0.489 e. The van der Waals surface area contributed by atoms with Crippen LogP contribution in [0.5, 0.6) is 5.75 Å². The number of nitrogens with zero attached hydrogens (tertiary/aromatic N) is 2. The Balaban J connectivity index is 1.85. The van der Waals surface area contributed by atoms with Crippen LogP contribution < -0.4 is 4.74 Å². The van der Waals surface area contributed by atoms with E-state index in [1.54, 1.807) is 0 Å². The molecular weight excluding hydrogens is 276 g/mol. The molecule has 110 valence electrons. The molecule has 2 atom stereocenters. The highest BCUT2D eigenvalue weighted by atomic mass is 35.5. The van der Waals surface area contributed by atoms with Gasteiger partial charge in [0.1, 0.15) is 18.5 Å². The zero-order chi connectivity index (χ0) is 14.1. The maximum absolute atomic E-state index is 10.4. The molecule has 0 radical (unpaired) electrons. The normalized spacial score (nSPS) is 27.9. The quantitative estimate of drug-likeness (QED) is 0.902. The van der Waals surface area contributed by atoms with Crippen molar-refractivity contribution in [1.29, 1.82) is 0 Å². The highest BCUT2D eigenvalue weighted by Gasteiger charge is 2.36. The van der Waals surface area contributed by atoms with Crippen LogP contribution in [0.25, 0.3) is 0 Å². The van der Waals surface area contributed by atoms with E-state index in [9.17, 15) is 5.11 Å². The maximum atomic E-state index is 10.4. The fourth-order valence-electron chi connectivity index (χ4n) is 3.18. The van der Waals surface area contributed by atoms with Crippen molar-refractivity contribution >= 4 is 11.6 Å².